The number of carbonyl (C=O) groups is 3. The van der Waals surface area contributed by atoms with Gasteiger partial charge >= 0.3 is 5.97 Å². The van der Waals surface area contributed by atoms with Crippen LogP contribution in [-0.4, -0.2) is 24.8 Å². The quantitative estimate of drug-likeness (QED) is 0.867. The minimum atomic E-state index is -0.613. The van der Waals surface area contributed by atoms with Crippen molar-refractivity contribution in [3.63, 3.8) is 0 Å². The van der Waals surface area contributed by atoms with Gasteiger partial charge in [-0.3, -0.25) is 14.4 Å². The maximum atomic E-state index is 12.2. The van der Waals surface area contributed by atoms with Gasteiger partial charge in [-0.15, -0.1) is 0 Å². The Bertz CT molecular complexity index is 567. The van der Waals surface area contributed by atoms with E-state index in [9.17, 15) is 14.4 Å². The lowest BCUT2D eigenvalue weighted by molar-refractivity contribution is -0.155. The molecule has 0 unspecified atom stereocenters. The molecule has 0 radical (unpaired) electrons. The second-order valence-corrected chi connectivity index (χ2v) is 5.87. The maximum absolute atomic E-state index is 12.2. The first-order chi connectivity index (χ1) is 10.4. The molecular weight excluding hydrogens is 282 g/mol. The Morgan fingerprint density at radius 2 is 1.77 bits per heavy atom. The smallest absolute Gasteiger partial charge is 0.312 e. The summed E-state index contributed by atoms with van der Waals surface area (Å²) in [6.07, 6.45) is 2.48. The van der Waals surface area contributed by atoms with Gasteiger partial charge < -0.3 is 10.1 Å². The van der Waals surface area contributed by atoms with Gasteiger partial charge in [-0.05, 0) is 37.0 Å². The van der Waals surface area contributed by atoms with E-state index in [1.165, 1.54) is 14.0 Å². The molecule has 0 spiro atoms. The van der Waals surface area contributed by atoms with Gasteiger partial charge in [-0.25, -0.2) is 0 Å². The topological polar surface area (TPSA) is 72.5 Å². The molecule has 2 rings (SSSR count). The van der Waals surface area contributed by atoms with E-state index in [4.69, 9.17) is 4.74 Å². The van der Waals surface area contributed by atoms with Gasteiger partial charge in [0.05, 0.1) is 12.5 Å². The number of benzene rings is 1. The van der Waals surface area contributed by atoms with Crippen LogP contribution in [0.3, 0.4) is 0 Å². The number of esters is 1. The number of Topliss-reactive ketones (excluding diaryl/α,β-unsaturated/α-hetero) is 1. The number of hydrogen-bond acceptors (Lipinski definition) is 4. The van der Waals surface area contributed by atoms with Gasteiger partial charge in [0.25, 0.3) is 0 Å². The molecule has 1 amide bonds. The molecule has 1 aliphatic carbocycles. The van der Waals surface area contributed by atoms with Crippen molar-refractivity contribution in [3.8, 4) is 0 Å². The molecule has 1 fully saturated rings. The molecule has 1 aromatic rings. The third kappa shape index (κ3) is 3.72. The summed E-state index contributed by atoms with van der Waals surface area (Å²) in [5.41, 5.74) is 1.11. The van der Waals surface area contributed by atoms with Crippen LogP contribution in [0.4, 0.5) is 5.69 Å². The first kappa shape index (κ1) is 16.2. The van der Waals surface area contributed by atoms with Crippen LogP contribution >= 0.6 is 0 Å². The molecule has 0 bridgehead atoms. The summed E-state index contributed by atoms with van der Waals surface area (Å²) >= 11 is 0. The molecule has 0 saturated heterocycles. The zero-order chi connectivity index (χ0) is 16.2. The van der Waals surface area contributed by atoms with Crippen molar-refractivity contribution in [2.24, 2.45) is 5.41 Å². The van der Waals surface area contributed by atoms with Crippen molar-refractivity contribution >= 4 is 23.3 Å². The van der Waals surface area contributed by atoms with Crippen LogP contribution in [0, 0.1) is 5.41 Å². The molecule has 1 N–H and O–H groups in total. The number of ketones is 1. The van der Waals surface area contributed by atoms with Crippen LogP contribution in [0.5, 0.6) is 0 Å². The molecule has 0 heterocycles. The van der Waals surface area contributed by atoms with Gasteiger partial charge in [-0.2, -0.15) is 0 Å². The molecule has 118 valence electrons. The van der Waals surface area contributed by atoms with Gasteiger partial charge in [0.2, 0.25) is 5.91 Å². The van der Waals surface area contributed by atoms with E-state index in [1.54, 1.807) is 0 Å². The summed E-state index contributed by atoms with van der Waals surface area (Å²) < 4.78 is 4.97. The first-order valence-corrected chi connectivity index (χ1v) is 7.42. The van der Waals surface area contributed by atoms with Crippen molar-refractivity contribution < 1.29 is 19.1 Å². The van der Waals surface area contributed by atoms with Crippen LogP contribution in [0.15, 0.2) is 24.3 Å². The van der Waals surface area contributed by atoms with E-state index in [0.717, 1.165) is 11.3 Å². The first-order valence-electron chi connectivity index (χ1n) is 7.42. The van der Waals surface area contributed by atoms with Gasteiger partial charge in [0.15, 0.2) is 0 Å². The summed E-state index contributed by atoms with van der Waals surface area (Å²) in [6.45, 7) is 1.46. The minimum Gasteiger partial charge on any atom is -0.469 e. The summed E-state index contributed by atoms with van der Waals surface area (Å²) in [4.78, 5) is 34.7. The van der Waals surface area contributed by atoms with E-state index >= 15 is 0 Å². The van der Waals surface area contributed by atoms with Crippen LogP contribution < -0.4 is 5.32 Å². The van der Waals surface area contributed by atoms with Crippen molar-refractivity contribution in [3.05, 3.63) is 29.8 Å². The average molecular weight is 303 g/mol. The van der Waals surface area contributed by atoms with Gasteiger partial charge in [0.1, 0.15) is 5.78 Å². The lowest BCUT2D eigenvalue weighted by Crippen LogP contribution is -2.38. The third-order valence-electron chi connectivity index (χ3n) is 4.20. The predicted octanol–water partition coefficient (Wildman–Crippen LogP) is 2.49. The second-order valence-electron chi connectivity index (χ2n) is 5.87. The molecule has 22 heavy (non-hydrogen) atoms. The fraction of sp³-hybridized carbons (Fsp3) is 0.471. The lowest BCUT2D eigenvalue weighted by Gasteiger charge is -2.34. The Labute approximate surface area is 130 Å². The molecule has 0 atom stereocenters. The number of carbonyl (C=O) groups excluding carboxylic acids is 3. The van der Waals surface area contributed by atoms with E-state index in [-0.39, 0.29) is 17.7 Å². The number of amides is 1. The van der Waals surface area contributed by atoms with Gasteiger partial charge in [-0.1, -0.05) is 12.1 Å². The minimum absolute atomic E-state index is 0.121. The van der Waals surface area contributed by atoms with Crippen molar-refractivity contribution in [2.75, 3.05) is 12.4 Å². The fourth-order valence-electron chi connectivity index (χ4n) is 2.98. The van der Waals surface area contributed by atoms with Crippen LogP contribution in [0.1, 0.15) is 38.2 Å². The Hall–Kier alpha value is -2.17. The van der Waals surface area contributed by atoms with E-state index < -0.39 is 5.41 Å². The van der Waals surface area contributed by atoms with Crippen LogP contribution in [0.25, 0.3) is 0 Å². The number of rotatable bonds is 4. The van der Waals surface area contributed by atoms with Crippen molar-refractivity contribution in [2.45, 2.75) is 39.0 Å². The van der Waals surface area contributed by atoms with Gasteiger partial charge in [0, 0.05) is 25.5 Å². The summed E-state index contributed by atoms with van der Waals surface area (Å²) in [7, 11) is 1.39. The number of ether oxygens (including phenoxy) is 1. The predicted molar refractivity (Wildman–Crippen MR) is 82.4 cm³/mol. The number of anilines is 1. The Morgan fingerprint density at radius 1 is 1.18 bits per heavy atom. The zero-order valence-electron chi connectivity index (χ0n) is 13.0. The fourth-order valence-corrected chi connectivity index (χ4v) is 2.98. The highest BCUT2D eigenvalue weighted by atomic mass is 16.5. The monoisotopic (exact) mass is 303 g/mol. The Morgan fingerprint density at radius 3 is 2.27 bits per heavy atom. The second kappa shape index (κ2) is 6.73. The van der Waals surface area contributed by atoms with Crippen molar-refractivity contribution in [1.82, 2.24) is 0 Å². The zero-order valence-corrected chi connectivity index (χ0v) is 13.0. The molecule has 1 aliphatic rings. The Balaban J connectivity index is 2.15. The molecular formula is C17H21NO4. The van der Waals surface area contributed by atoms with E-state index in [1.807, 2.05) is 24.3 Å². The molecule has 1 saturated carbocycles. The number of methoxy groups -OCH3 is 1. The third-order valence-corrected chi connectivity index (χ3v) is 4.20. The highest BCUT2D eigenvalue weighted by molar-refractivity contribution is 5.88. The molecule has 0 aromatic heterocycles. The largest absolute Gasteiger partial charge is 0.469 e. The molecule has 5 heteroatoms. The highest BCUT2D eigenvalue weighted by Gasteiger charge is 2.42. The van der Waals surface area contributed by atoms with E-state index in [0.29, 0.717) is 32.1 Å². The summed E-state index contributed by atoms with van der Waals surface area (Å²) in [6, 6.07) is 7.42. The normalized spacial score (nSPS) is 16.9. The molecule has 0 aliphatic heterocycles. The SMILES string of the molecule is COC(=O)C1(Cc2ccc(NC(C)=O)cc2)CCC(=O)CC1. The molecule has 5 nitrogen and oxygen atoms in total. The van der Waals surface area contributed by atoms with E-state index in [2.05, 4.69) is 5.32 Å². The Kier molecular flexibility index (Phi) is 4.96. The lowest BCUT2D eigenvalue weighted by atomic mass is 9.70. The standard InChI is InChI=1S/C17H21NO4/c1-12(19)18-14-5-3-13(4-6-14)11-17(16(21)22-2)9-7-15(20)8-10-17/h3-6H,7-11H2,1-2H3,(H,18,19). The summed E-state index contributed by atoms with van der Waals surface area (Å²) in [5, 5.41) is 2.71. The number of nitrogens with one attached hydrogen (secondary N) is 1. The average Bonchev–Trinajstić information content (AvgIpc) is 2.50. The highest BCUT2D eigenvalue weighted by Crippen LogP contribution is 2.39. The summed E-state index contributed by atoms with van der Waals surface area (Å²) in [5.74, 6) is -0.156. The van der Waals surface area contributed by atoms with Crippen LogP contribution in [0.2, 0.25) is 0 Å². The van der Waals surface area contributed by atoms with Crippen molar-refractivity contribution in [1.29, 1.82) is 0 Å². The van der Waals surface area contributed by atoms with Crippen LogP contribution in [-0.2, 0) is 25.5 Å². The maximum Gasteiger partial charge on any atom is 0.312 e. The molecule has 1 aromatic carbocycles. The number of hydrogen-bond donors (Lipinski definition) is 1.